The summed E-state index contributed by atoms with van der Waals surface area (Å²) in [7, 11) is -3.65. The lowest BCUT2D eigenvalue weighted by Crippen LogP contribution is -2.49. The highest BCUT2D eigenvalue weighted by Crippen LogP contribution is 2.26. The van der Waals surface area contributed by atoms with Crippen LogP contribution < -0.4 is 9.62 Å². The van der Waals surface area contributed by atoms with E-state index in [0.717, 1.165) is 28.5 Å². The van der Waals surface area contributed by atoms with Gasteiger partial charge >= 0.3 is 0 Å². The molecule has 0 unspecified atom stereocenters. The molecular formula is C23H32N2O3S. The van der Waals surface area contributed by atoms with Crippen LogP contribution in [-0.2, 0) is 14.8 Å². The quantitative estimate of drug-likeness (QED) is 0.730. The van der Waals surface area contributed by atoms with Crippen molar-refractivity contribution in [1.29, 1.82) is 0 Å². The molecule has 0 spiro atoms. The molecule has 5 nitrogen and oxygen atoms in total. The standard InChI is InChI=1S/C23H32N2O3S/c1-8-22(23(26)24-19(6)20-10-9-17(4)18(5)14-20)25(29(7,27)28)21-12-15(2)11-16(3)13-21/h9-14,19,22H,8H2,1-7H3,(H,24,26)/t19-,22-/m1/s1. The minimum Gasteiger partial charge on any atom is -0.348 e. The molecule has 0 aliphatic carbocycles. The van der Waals surface area contributed by atoms with Gasteiger partial charge in [0.05, 0.1) is 18.0 Å². The summed E-state index contributed by atoms with van der Waals surface area (Å²) in [5.41, 5.74) is 5.76. The second kappa shape index (κ2) is 8.99. The van der Waals surface area contributed by atoms with E-state index in [1.165, 1.54) is 9.87 Å². The zero-order valence-electron chi connectivity index (χ0n) is 18.4. The molecule has 1 amide bonds. The Hall–Kier alpha value is -2.34. The maximum Gasteiger partial charge on any atom is 0.244 e. The highest BCUT2D eigenvalue weighted by molar-refractivity contribution is 7.92. The van der Waals surface area contributed by atoms with Crippen LogP contribution in [0.5, 0.6) is 0 Å². The molecule has 0 saturated heterocycles. The number of hydrogen-bond donors (Lipinski definition) is 1. The van der Waals surface area contributed by atoms with Gasteiger partial charge in [0.25, 0.3) is 0 Å². The molecule has 2 atom stereocenters. The molecule has 29 heavy (non-hydrogen) atoms. The zero-order valence-corrected chi connectivity index (χ0v) is 19.2. The first-order valence-corrected chi connectivity index (χ1v) is 11.7. The molecule has 2 aromatic rings. The lowest BCUT2D eigenvalue weighted by Gasteiger charge is -2.31. The monoisotopic (exact) mass is 416 g/mol. The van der Waals surface area contributed by atoms with E-state index >= 15 is 0 Å². The van der Waals surface area contributed by atoms with Crippen LogP contribution >= 0.6 is 0 Å². The first-order chi connectivity index (χ1) is 13.4. The molecular weight excluding hydrogens is 384 g/mol. The molecule has 6 heteroatoms. The third-order valence-electron chi connectivity index (χ3n) is 5.18. The zero-order chi connectivity index (χ0) is 21.9. The first-order valence-electron chi connectivity index (χ1n) is 9.89. The SMILES string of the molecule is CC[C@H](C(=O)N[C@H](C)c1ccc(C)c(C)c1)N(c1cc(C)cc(C)c1)S(C)(=O)=O. The maximum absolute atomic E-state index is 13.1. The Bertz CT molecular complexity index is 979. The van der Waals surface area contributed by atoms with Crippen LogP contribution in [-0.4, -0.2) is 26.6 Å². The molecule has 0 saturated carbocycles. The van der Waals surface area contributed by atoms with E-state index in [-0.39, 0.29) is 11.9 Å². The Morgan fingerprint density at radius 1 is 1.00 bits per heavy atom. The van der Waals surface area contributed by atoms with Crippen LogP contribution in [0.3, 0.4) is 0 Å². The Labute approximate surface area is 175 Å². The highest BCUT2D eigenvalue weighted by atomic mass is 32.2. The number of carbonyl (C=O) groups is 1. The summed E-state index contributed by atoms with van der Waals surface area (Å²) in [4.78, 5) is 13.1. The molecule has 0 aliphatic rings. The summed E-state index contributed by atoms with van der Waals surface area (Å²) in [6.45, 7) is 11.7. The molecule has 1 N–H and O–H groups in total. The van der Waals surface area contributed by atoms with Gasteiger partial charge in [0.15, 0.2) is 0 Å². The van der Waals surface area contributed by atoms with Crippen molar-refractivity contribution in [2.24, 2.45) is 0 Å². The van der Waals surface area contributed by atoms with Gasteiger partial charge in [-0.2, -0.15) is 0 Å². The van der Waals surface area contributed by atoms with E-state index in [4.69, 9.17) is 0 Å². The van der Waals surface area contributed by atoms with Gasteiger partial charge in [-0.1, -0.05) is 31.2 Å². The normalized spacial score (nSPS) is 13.6. The predicted molar refractivity (Wildman–Crippen MR) is 120 cm³/mol. The summed E-state index contributed by atoms with van der Waals surface area (Å²) in [5.74, 6) is -0.303. The van der Waals surface area contributed by atoms with Crippen molar-refractivity contribution in [3.05, 3.63) is 64.2 Å². The van der Waals surface area contributed by atoms with Gasteiger partial charge in [-0.3, -0.25) is 9.10 Å². The molecule has 2 rings (SSSR count). The smallest absolute Gasteiger partial charge is 0.244 e. The average Bonchev–Trinajstić information content (AvgIpc) is 2.59. The third kappa shape index (κ3) is 5.60. The first kappa shape index (κ1) is 22.9. The lowest BCUT2D eigenvalue weighted by molar-refractivity contribution is -0.122. The second-order valence-electron chi connectivity index (χ2n) is 7.90. The topological polar surface area (TPSA) is 66.5 Å². The lowest BCUT2D eigenvalue weighted by atomic mass is 10.0. The Kier molecular flexibility index (Phi) is 7.11. The molecule has 0 aliphatic heterocycles. The van der Waals surface area contributed by atoms with Crippen LogP contribution in [0.2, 0.25) is 0 Å². The van der Waals surface area contributed by atoms with Gasteiger partial charge in [0.2, 0.25) is 15.9 Å². The second-order valence-corrected chi connectivity index (χ2v) is 9.76. The fraction of sp³-hybridized carbons (Fsp3) is 0.435. The van der Waals surface area contributed by atoms with Gasteiger partial charge in [0, 0.05) is 0 Å². The number of nitrogens with one attached hydrogen (secondary N) is 1. The van der Waals surface area contributed by atoms with E-state index in [0.29, 0.717) is 12.1 Å². The number of sulfonamides is 1. The van der Waals surface area contributed by atoms with Crippen molar-refractivity contribution in [3.63, 3.8) is 0 Å². The average molecular weight is 417 g/mol. The largest absolute Gasteiger partial charge is 0.348 e. The number of carbonyl (C=O) groups excluding carboxylic acids is 1. The summed E-state index contributed by atoms with van der Waals surface area (Å²) in [6, 6.07) is 10.6. The van der Waals surface area contributed by atoms with Gasteiger partial charge in [-0.25, -0.2) is 8.42 Å². The van der Waals surface area contributed by atoms with E-state index in [2.05, 4.69) is 11.4 Å². The van der Waals surface area contributed by atoms with Gasteiger partial charge in [0.1, 0.15) is 6.04 Å². The predicted octanol–water partition coefficient (Wildman–Crippen LogP) is 4.34. The minimum absolute atomic E-state index is 0.225. The molecule has 0 bridgehead atoms. The van der Waals surface area contributed by atoms with Crippen LogP contribution in [0.15, 0.2) is 36.4 Å². The van der Waals surface area contributed by atoms with Crippen molar-refractivity contribution >= 4 is 21.6 Å². The molecule has 0 heterocycles. The number of aryl methyl sites for hydroxylation is 4. The van der Waals surface area contributed by atoms with Crippen LogP contribution in [0.4, 0.5) is 5.69 Å². The summed E-state index contributed by atoms with van der Waals surface area (Å²) in [6.07, 6.45) is 1.51. The Morgan fingerprint density at radius 3 is 2.07 bits per heavy atom. The number of benzene rings is 2. The molecule has 0 fully saturated rings. The molecule has 2 aromatic carbocycles. The highest BCUT2D eigenvalue weighted by Gasteiger charge is 2.32. The van der Waals surface area contributed by atoms with Crippen LogP contribution in [0.25, 0.3) is 0 Å². The fourth-order valence-corrected chi connectivity index (χ4v) is 4.76. The van der Waals surface area contributed by atoms with Gasteiger partial charge < -0.3 is 5.32 Å². The minimum atomic E-state index is -3.65. The number of nitrogens with zero attached hydrogens (tertiary/aromatic N) is 1. The van der Waals surface area contributed by atoms with E-state index in [1.807, 2.05) is 59.7 Å². The third-order valence-corrected chi connectivity index (χ3v) is 6.36. The van der Waals surface area contributed by atoms with Crippen molar-refractivity contribution in [3.8, 4) is 0 Å². The number of amides is 1. The van der Waals surface area contributed by atoms with Crippen LogP contribution in [0.1, 0.15) is 54.1 Å². The van der Waals surface area contributed by atoms with E-state index in [1.54, 1.807) is 12.1 Å². The van der Waals surface area contributed by atoms with Crippen molar-refractivity contribution in [1.82, 2.24) is 5.32 Å². The van der Waals surface area contributed by atoms with Gasteiger partial charge in [-0.15, -0.1) is 0 Å². The Balaban J connectivity index is 2.36. The van der Waals surface area contributed by atoms with Crippen LogP contribution in [0, 0.1) is 27.7 Å². The molecule has 0 aromatic heterocycles. The van der Waals surface area contributed by atoms with E-state index < -0.39 is 16.1 Å². The van der Waals surface area contributed by atoms with Crippen molar-refractivity contribution < 1.29 is 13.2 Å². The molecule has 158 valence electrons. The summed E-state index contributed by atoms with van der Waals surface area (Å²) >= 11 is 0. The van der Waals surface area contributed by atoms with Crippen molar-refractivity contribution in [2.75, 3.05) is 10.6 Å². The summed E-state index contributed by atoms with van der Waals surface area (Å²) < 4.78 is 26.5. The fourth-order valence-electron chi connectivity index (χ4n) is 3.57. The number of anilines is 1. The van der Waals surface area contributed by atoms with Crippen molar-refractivity contribution in [2.45, 2.75) is 60.0 Å². The maximum atomic E-state index is 13.1. The number of rotatable bonds is 7. The van der Waals surface area contributed by atoms with E-state index in [9.17, 15) is 13.2 Å². The Morgan fingerprint density at radius 2 is 1.59 bits per heavy atom. The summed E-state index contributed by atoms with van der Waals surface area (Å²) in [5, 5.41) is 3.00. The number of hydrogen-bond acceptors (Lipinski definition) is 3. The molecule has 0 radical (unpaired) electrons. The van der Waals surface area contributed by atoms with Gasteiger partial charge in [-0.05, 0) is 81.0 Å².